The second-order valence-corrected chi connectivity index (χ2v) is 5.64. The molecule has 0 atom stereocenters. The molecule has 1 heterocycles. The van der Waals surface area contributed by atoms with Crippen molar-refractivity contribution in [2.75, 3.05) is 0 Å². The second-order valence-electron chi connectivity index (χ2n) is 5.26. The van der Waals surface area contributed by atoms with Gasteiger partial charge in [0.15, 0.2) is 0 Å². The van der Waals surface area contributed by atoms with Crippen LogP contribution in [0.15, 0.2) is 51.7 Å². The summed E-state index contributed by atoms with van der Waals surface area (Å²) in [7, 11) is 0. The Balaban J connectivity index is 1.87. The van der Waals surface area contributed by atoms with Gasteiger partial charge in [-0.1, -0.05) is 41.4 Å². The van der Waals surface area contributed by atoms with Crippen molar-refractivity contribution in [3.8, 4) is 5.75 Å². The molecule has 0 radical (unpaired) electrons. The van der Waals surface area contributed by atoms with Gasteiger partial charge in [-0.3, -0.25) is 0 Å². The maximum atomic E-state index is 11.6. The van der Waals surface area contributed by atoms with Crippen molar-refractivity contribution in [2.45, 2.75) is 20.5 Å². The minimum atomic E-state index is -0.526. The van der Waals surface area contributed by atoms with E-state index >= 15 is 0 Å². The van der Waals surface area contributed by atoms with Gasteiger partial charge in [-0.2, -0.15) is 0 Å². The highest BCUT2D eigenvalue weighted by molar-refractivity contribution is 6.31. The standard InChI is InChI=1S/C18H15ClO3/c1-11-3-5-13(6-4-11)10-21-14-7-8-15-12(2)17(19)18(20)22-16(15)9-14/h3-9H,10H2,1-2H3. The summed E-state index contributed by atoms with van der Waals surface area (Å²) >= 11 is 5.91. The molecule has 0 aliphatic heterocycles. The number of ether oxygens (including phenoxy) is 1. The van der Waals surface area contributed by atoms with E-state index in [4.69, 9.17) is 20.8 Å². The third-order valence-corrected chi connectivity index (χ3v) is 4.03. The normalized spacial score (nSPS) is 10.9. The van der Waals surface area contributed by atoms with E-state index in [1.54, 1.807) is 13.0 Å². The summed E-state index contributed by atoms with van der Waals surface area (Å²) in [6, 6.07) is 13.6. The van der Waals surface area contributed by atoms with Crippen LogP contribution >= 0.6 is 11.6 Å². The monoisotopic (exact) mass is 314 g/mol. The molecule has 1 aromatic heterocycles. The van der Waals surface area contributed by atoms with Crippen molar-refractivity contribution in [3.05, 3.63) is 74.6 Å². The van der Waals surface area contributed by atoms with Crippen LogP contribution in [0.5, 0.6) is 5.75 Å². The minimum absolute atomic E-state index is 0.126. The zero-order chi connectivity index (χ0) is 15.7. The summed E-state index contributed by atoms with van der Waals surface area (Å²) in [5, 5.41) is 0.938. The molecular formula is C18H15ClO3. The predicted octanol–water partition coefficient (Wildman–Crippen LogP) is 4.64. The van der Waals surface area contributed by atoms with E-state index in [2.05, 4.69) is 0 Å². The van der Waals surface area contributed by atoms with Crippen LogP contribution in [-0.4, -0.2) is 0 Å². The molecule has 3 nitrogen and oxygen atoms in total. The number of rotatable bonds is 3. The lowest BCUT2D eigenvalue weighted by Gasteiger charge is -2.08. The van der Waals surface area contributed by atoms with Crippen LogP contribution in [0.3, 0.4) is 0 Å². The fourth-order valence-corrected chi connectivity index (χ4v) is 2.39. The Hall–Kier alpha value is -2.26. The Morgan fingerprint density at radius 3 is 2.55 bits per heavy atom. The van der Waals surface area contributed by atoms with Gasteiger partial charge in [0.1, 0.15) is 23.0 Å². The van der Waals surface area contributed by atoms with Crippen LogP contribution in [0.1, 0.15) is 16.7 Å². The average Bonchev–Trinajstić information content (AvgIpc) is 2.52. The van der Waals surface area contributed by atoms with Crippen LogP contribution in [0.25, 0.3) is 11.0 Å². The number of aryl methyl sites for hydroxylation is 2. The first-order valence-electron chi connectivity index (χ1n) is 6.96. The summed E-state index contributed by atoms with van der Waals surface area (Å²) in [6.45, 7) is 4.31. The quantitative estimate of drug-likeness (QED) is 0.661. The Kier molecular flexibility index (Phi) is 3.90. The van der Waals surface area contributed by atoms with Crippen molar-refractivity contribution in [1.82, 2.24) is 0 Å². The maximum absolute atomic E-state index is 11.6. The van der Waals surface area contributed by atoms with Crippen LogP contribution in [0.2, 0.25) is 5.02 Å². The van der Waals surface area contributed by atoms with Crippen LogP contribution in [-0.2, 0) is 6.61 Å². The summed E-state index contributed by atoms with van der Waals surface area (Å²) in [5.41, 5.74) is 2.97. The molecule has 0 saturated carbocycles. The minimum Gasteiger partial charge on any atom is -0.489 e. The Bertz CT molecular complexity index is 879. The first-order chi connectivity index (χ1) is 10.5. The van der Waals surface area contributed by atoms with Gasteiger partial charge >= 0.3 is 5.63 Å². The van der Waals surface area contributed by atoms with Crippen LogP contribution in [0, 0.1) is 13.8 Å². The van der Waals surface area contributed by atoms with Gasteiger partial charge in [0.05, 0.1) is 0 Å². The highest BCUT2D eigenvalue weighted by Gasteiger charge is 2.10. The van der Waals surface area contributed by atoms with Crippen molar-refractivity contribution in [1.29, 1.82) is 0 Å². The number of fused-ring (bicyclic) bond motifs is 1. The zero-order valence-electron chi connectivity index (χ0n) is 12.4. The van der Waals surface area contributed by atoms with Gasteiger partial charge in [-0.25, -0.2) is 4.79 Å². The second kappa shape index (κ2) is 5.85. The molecular weight excluding hydrogens is 300 g/mol. The lowest BCUT2D eigenvalue weighted by Crippen LogP contribution is -2.02. The third kappa shape index (κ3) is 2.85. The summed E-state index contributed by atoms with van der Waals surface area (Å²) in [4.78, 5) is 11.6. The topological polar surface area (TPSA) is 39.4 Å². The van der Waals surface area contributed by atoms with Gasteiger partial charge in [0.2, 0.25) is 0 Å². The molecule has 22 heavy (non-hydrogen) atoms. The molecule has 0 N–H and O–H groups in total. The largest absolute Gasteiger partial charge is 0.489 e. The molecule has 0 spiro atoms. The molecule has 0 saturated heterocycles. The maximum Gasteiger partial charge on any atom is 0.355 e. The number of hydrogen-bond donors (Lipinski definition) is 0. The fourth-order valence-electron chi connectivity index (χ4n) is 2.25. The molecule has 3 aromatic rings. The molecule has 2 aromatic carbocycles. The van der Waals surface area contributed by atoms with E-state index in [-0.39, 0.29) is 5.02 Å². The lowest BCUT2D eigenvalue weighted by atomic mass is 10.1. The highest BCUT2D eigenvalue weighted by Crippen LogP contribution is 2.26. The Morgan fingerprint density at radius 1 is 1.09 bits per heavy atom. The first-order valence-corrected chi connectivity index (χ1v) is 7.34. The summed E-state index contributed by atoms with van der Waals surface area (Å²) in [6.07, 6.45) is 0. The van der Waals surface area contributed by atoms with E-state index in [0.29, 0.717) is 17.9 Å². The molecule has 0 fully saturated rings. The molecule has 4 heteroatoms. The molecule has 0 unspecified atom stereocenters. The molecule has 0 amide bonds. The molecule has 0 aliphatic rings. The third-order valence-electron chi connectivity index (χ3n) is 3.59. The number of hydrogen-bond acceptors (Lipinski definition) is 3. The first kappa shape index (κ1) is 14.7. The van der Waals surface area contributed by atoms with E-state index in [1.807, 2.05) is 43.3 Å². The SMILES string of the molecule is Cc1ccc(COc2ccc3c(C)c(Cl)c(=O)oc3c2)cc1. The lowest BCUT2D eigenvalue weighted by molar-refractivity contribution is 0.306. The van der Waals surface area contributed by atoms with Crippen molar-refractivity contribution in [2.24, 2.45) is 0 Å². The predicted molar refractivity (Wildman–Crippen MR) is 87.7 cm³/mol. The van der Waals surface area contributed by atoms with E-state index in [0.717, 1.165) is 16.5 Å². The zero-order valence-corrected chi connectivity index (χ0v) is 13.1. The molecule has 112 valence electrons. The molecule has 0 aliphatic carbocycles. The number of benzene rings is 2. The smallest absolute Gasteiger partial charge is 0.355 e. The van der Waals surface area contributed by atoms with E-state index in [1.165, 1.54) is 5.56 Å². The van der Waals surface area contributed by atoms with Gasteiger partial charge in [0, 0.05) is 11.5 Å². The van der Waals surface area contributed by atoms with Gasteiger partial charge < -0.3 is 9.15 Å². The van der Waals surface area contributed by atoms with E-state index in [9.17, 15) is 4.79 Å². The van der Waals surface area contributed by atoms with Gasteiger partial charge in [-0.05, 0) is 37.1 Å². The summed E-state index contributed by atoms with van der Waals surface area (Å²) < 4.78 is 11.0. The molecule has 3 rings (SSSR count). The fraction of sp³-hybridized carbons (Fsp3) is 0.167. The van der Waals surface area contributed by atoms with Crippen molar-refractivity contribution in [3.63, 3.8) is 0 Å². The number of halogens is 1. The highest BCUT2D eigenvalue weighted by atomic mass is 35.5. The van der Waals surface area contributed by atoms with E-state index < -0.39 is 5.63 Å². The Morgan fingerprint density at radius 2 is 1.82 bits per heavy atom. The van der Waals surface area contributed by atoms with Crippen LogP contribution < -0.4 is 10.4 Å². The van der Waals surface area contributed by atoms with Crippen LogP contribution in [0.4, 0.5) is 0 Å². The van der Waals surface area contributed by atoms with Gasteiger partial charge in [0.25, 0.3) is 0 Å². The average molecular weight is 315 g/mol. The summed E-state index contributed by atoms with van der Waals surface area (Å²) in [5.74, 6) is 0.651. The Labute approximate surface area is 133 Å². The molecule has 0 bridgehead atoms. The van der Waals surface area contributed by atoms with Crippen molar-refractivity contribution < 1.29 is 9.15 Å². The van der Waals surface area contributed by atoms with Crippen molar-refractivity contribution >= 4 is 22.6 Å². The van der Waals surface area contributed by atoms with Gasteiger partial charge in [-0.15, -0.1) is 0 Å².